The average Bonchev–Trinajstić information content (AvgIpc) is 2.50. The first kappa shape index (κ1) is 14.4. The topological polar surface area (TPSA) is 30.5 Å². The Balaban J connectivity index is 1.89. The van der Waals surface area contributed by atoms with Gasteiger partial charge in [0.15, 0.2) is 0 Å². The summed E-state index contributed by atoms with van der Waals surface area (Å²) in [5.74, 6) is 1.84. The third kappa shape index (κ3) is 4.00. The molecule has 0 unspecified atom stereocenters. The maximum atomic E-state index is 5.61. The lowest BCUT2D eigenvalue weighted by Gasteiger charge is -2.11. The van der Waals surface area contributed by atoms with Crippen molar-refractivity contribution in [3.63, 3.8) is 0 Å². The van der Waals surface area contributed by atoms with Crippen LogP contribution in [0.25, 0.3) is 0 Å². The first-order valence-electron chi connectivity index (χ1n) is 6.88. The molecule has 2 aromatic rings. The highest BCUT2D eigenvalue weighted by Gasteiger charge is 2.02. The van der Waals surface area contributed by atoms with Gasteiger partial charge in [0.1, 0.15) is 11.5 Å². The van der Waals surface area contributed by atoms with E-state index in [1.54, 1.807) is 7.11 Å². The molecule has 0 aromatic heterocycles. The van der Waals surface area contributed by atoms with Gasteiger partial charge in [0, 0.05) is 18.7 Å². The van der Waals surface area contributed by atoms with E-state index in [2.05, 4.69) is 23.5 Å². The van der Waals surface area contributed by atoms with Crippen molar-refractivity contribution in [1.82, 2.24) is 5.32 Å². The monoisotopic (exact) mass is 271 g/mol. The van der Waals surface area contributed by atoms with Gasteiger partial charge in [-0.2, -0.15) is 0 Å². The summed E-state index contributed by atoms with van der Waals surface area (Å²) < 4.78 is 10.8. The molecule has 0 aliphatic heterocycles. The van der Waals surface area contributed by atoms with Gasteiger partial charge in [-0.3, -0.25) is 0 Å². The molecule has 0 fully saturated rings. The molecule has 0 amide bonds. The van der Waals surface area contributed by atoms with Crippen LogP contribution in [0.1, 0.15) is 18.1 Å². The summed E-state index contributed by atoms with van der Waals surface area (Å²) in [6.07, 6.45) is 0. The molecule has 0 spiro atoms. The molecular formula is C17H21NO2. The number of para-hydroxylation sites is 1. The Hall–Kier alpha value is -2.00. The van der Waals surface area contributed by atoms with Crippen molar-refractivity contribution in [3.8, 4) is 11.5 Å². The summed E-state index contributed by atoms with van der Waals surface area (Å²) >= 11 is 0. The predicted octanol–water partition coefficient (Wildman–Crippen LogP) is 3.38. The third-order valence-electron chi connectivity index (χ3n) is 3.08. The Labute approximate surface area is 120 Å². The molecule has 2 rings (SSSR count). The van der Waals surface area contributed by atoms with E-state index in [1.165, 1.54) is 11.1 Å². The number of hydrogen-bond donors (Lipinski definition) is 1. The molecule has 0 saturated heterocycles. The molecule has 0 aliphatic carbocycles. The minimum Gasteiger partial charge on any atom is -0.497 e. The van der Waals surface area contributed by atoms with Crippen molar-refractivity contribution in [3.05, 3.63) is 59.7 Å². The second-order valence-electron chi connectivity index (χ2n) is 4.49. The zero-order valence-corrected chi connectivity index (χ0v) is 12.1. The summed E-state index contributed by atoms with van der Waals surface area (Å²) in [7, 11) is 1.68. The SMILES string of the molecule is CCOc1ccccc1CNCc1ccc(OC)cc1. The number of ether oxygens (including phenoxy) is 2. The number of benzene rings is 2. The van der Waals surface area contributed by atoms with Gasteiger partial charge in [0.25, 0.3) is 0 Å². The van der Waals surface area contributed by atoms with Crippen molar-refractivity contribution < 1.29 is 9.47 Å². The summed E-state index contributed by atoms with van der Waals surface area (Å²) in [6.45, 7) is 4.31. The van der Waals surface area contributed by atoms with Crippen molar-refractivity contribution in [2.45, 2.75) is 20.0 Å². The molecule has 3 nitrogen and oxygen atoms in total. The highest BCUT2D eigenvalue weighted by Crippen LogP contribution is 2.18. The summed E-state index contributed by atoms with van der Waals surface area (Å²) in [5, 5.41) is 3.43. The maximum absolute atomic E-state index is 5.61. The highest BCUT2D eigenvalue weighted by atomic mass is 16.5. The van der Waals surface area contributed by atoms with Crippen molar-refractivity contribution >= 4 is 0 Å². The molecule has 1 N–H and O–H groups in total. The van der Waals surface area contributed by atoms with Crippen molar-refractivity contribution in [1.29, 1.82) is 0 Å². The lowest BCUT2D eigenvalue weighted by molar-refractivity contribution is 0.335. The Kier molecular flexibility index (Phi) is 5.44. The van der Waals surface area contributed by atoms with E-state index in [9.17, 15) is 0 Å². The molecule has 3 heteroatoms. The van der Waals surface area contributed by atoms with E-state index >= 15 is 0 Å². The molecule has 0 heterocycles. The van der Waals surface area contributed by atoms with Crippen molar-refractivity contribution in [2.75, 3.05) is 13.7 Å². The van der Waals surface area contributed by atoms with Crippen LogP contribution in [0.4, 0.5) is 0 Å². The lowest BCUT2D eigenvalue weighted by Crippen LogP contribution is -2.13. The van der Waals surface area contributed by atoms with Gasteiger partial charge >= 0.3 is 0 Å². The first-order valence-corrected chi connectivity index (χ1v) is 6.88. The fraction of sp³-hybridized carbons (Fsp3) is 0.294. The van der Waals surface area contributed by atoms with Gasteiger partial charge in [-0.05, 0) is 30.7 Å². The first-order chi connectivity index (χ1) is 9.83. The minimum absolute atomic E-state index is 0.690. The van der Waals surface area contributed by atoms with Crippen LogP contribution in [0.5, 0.6) is 11.5 Å². The van der Waals surface area contributed by atoms with E-state index in [-0.39, 0.29) is 0 Å². The second-order valence-corrected chi connectivity index (χ2v) is 4.49. The molecule has 2 aromatic carbocycles. The van der Waals surface area contributed by atoms with Gasteiger partial charge < -0.3 is 14.8 Å². The van der Waals surface area contributed by atoms with Gasteiger partial charge in [0.2, 0.25) is 0 Å². The van der Waals surface area contributed by atoms with Crippen LogP contribution < -0.4 is 14.8 Å². The zero-order chi connectivity index (χ0) is 14.2. The largest absolute Gasteiger partial charge is 0.497 e. The lowest BCUT2D eigenvalue weighted by atomic mass is 10.2. The number of hydrogen-bond acceptors (Lipinski definition) is 3. The molecule has 0 atom stereocenters. The molecule has 0 saturated carbocycles. The Morgan fingerprint density at radius 2 is 1.70 bits per heavy atom. The van der Waals surface area contributed by atoms with E-state index in [1.807, 2.05) is 37.3 Å². The zero-order valence-electron chi connectivity index (χ0n) is 12.1. The van der Waals surface area contributed by atoms with Crippen molar-refractivity contribution in [2.24, 2.45) is 0 Å². The Morgan fingerprint density at radius 1 is 0.950 bits per heavy atom. The number of methoxy groups -OCH3 is 1. The fourth-order valence-electron chi connectivity index (χ4n) is 2.03. The molecule has 0 aliphatic rings. The van der Waals surface area contributed by atoms with Crippen LogP contribution >= 0.6 is 0 Å². The maximum Gasteiger partial charge on any atom is 0.123 e. The normalized spacial score (nSPS) is 10.3. The van der Waals surface area contributed by atoms with Crippen LogP contribution in [0.3, 0.4) is 0 Å². The summed E-state index contributed by atoms with van der Waals surface area (Å²) in [4.78, 5) is 0. The summed E-state index contributed by atoms with van der Waals surface area (Å²) in [6, 6.07) is 16.2. The summed E-state index contributed by atoms with van der Waals surface area (Å²) in [5.41, 5.74) is 2.42. The number of rotatable bonds is 7. The van der Waals surface area contributed by atoms with E-state index < -0.39 is 0 Å². The van der Waals surface area contributed by atoms with Gasteiger partial charge in [0.05, 0.1) is 13.7 Å². The fourth-order valence-corrected chi connectivity index (χ4v) is 2.03. The molecular weight excluding hydrogens is 250 g/mol. The van der Waals surface area contributed by atoms with E-state index in [0.717, 1.165) is 24.6 Å². The third-order valence-corrected chi connectivity index (χ3v) is 3.08. The van der Waals surface area contributed by atoms with Crippen LogP contribution in [0, 0.1) is 0 Å². The molecule has 0 bridgehead atoms. The Morgan fingerprint density at radius 3 is 2.40 bits per heavy atom. The Bertz CT molecular complexity index is 523. The van der Waals surface area contributed by atoms with Gasteiger partial charge in [-0.1, -0.05) is 30.3 Å². The smallest absolute Gasteiger partial charge is 0.123 e. The minimum atomic E-state index is 0.690. The predicted molar refractivity (Wildman–Crippen MR) is 81.1 cm³/mol. The van der Waals surface area contributed by atoms with Crippen LogP contribution in [-0.2, 0) is 13.1 Å². The van der Waals surface area contributed by atoms with Crippen LogP contribution in [-0.4, -0.2) is 13.7 Å². The number of nitrogens with one attached hydrogen (secondary N) is 1. The van der Waals surface area contributed by atoms with Crippen LogP contribution in [0.15, 0.2) is 48.5 Å². The molecule has 20 heavy (non-hydrogen) atoms. The van der Waals surface area contributed by atoms with Gasteiger partial charge in [-0.25, -0.2) is 0 Å². The van der Waals surface area contributed by atoms with E-state index in [0.29, 0.717) is 6.61 Å². The highest BCUT2D eigenvalue weighted by molar-refractivity contribution is 5.33. The quantitative estimate of drug-likeness (QED) is 0.837. The standard InChI is InChI=1S/C17H21NO2/c1-3-20-17-7-5-4-6-15(17)13-18-12-14-8-10-16(19-2)11-9-14/h4-11,18H,3,12-13H2,1-2H3. The molecule has 106 valence electrons. The van der Waals surface area contributed by atoms with Gasteiger partial charge in [-0.15, -0.1) is 0 Å². The molecule has 0 radical (unpaired) electrons. The van der Waals surface area contributed by atoms with Crippen LogP contribution in [0.2, 0.25) is 0 Å². The average molecular weight is 271 g/mol. The van der Waals surface area contributed by atoms with E-state index in [4.69, 9.17) is 9.47 Å². The second kappa shape index (κ2) is 7.56.